The number of unbranched alkanes of at least 4 members (excludes halogenated alkanes) is 1. The maximum Gasteiger partial charge on any atom is 0.359 e. The van der Waals surface area contributed by atoms with Gasteiger partial charge in [-0.3, -0.25) is 9.59 Å². The average Bonchev–Trinajstić information content (AvgIpc) is 2.73. The smallest absolute Gasteiger partial charge is 0.359 e. The van der Waals surface area contributed by atoms with Gasteiger partial charge in [-0.25, -0.2) is 18.3 Å². The minimum atomic E-state index is -0.934. The van der Waals surface area contributed by atoms with Crippen LogP contribution in [0.5, 0.6) is 0 Å². The Labute approximate surface area is 164 Å². The second-order valence-electron chi connectivity index (χ2n) is 6.40. The second kappa shape index (κ2) is 8.72. The number of aryl methyl sites for hydroxylation is 1. The molecule has 1 heterocycles. The molecule has 2 aromatic carbocycles. The summed E-state index contributed by atoms with van der Waals surface area (Å²) in [4.78, 5) is 37.2. The number of hydrogen-bond donors (Lipinski definition) is 0. The van der Waals surface area contributed by atoms with E-state index < -0.39 is 35.6 Å². The first-order chi connectivity index (χ1) is 13.9. The first-order valence-corrected chi connectivity index (χ1v) is 9.07. The van der Waals surface area contributed by atoms with Crippen molar-refractivity contribution in [3.8, 4) is 0 Å². The predicted molar refractivity (Wildman–Crippen MR) is 102 cm³/mol. The standard InChI is InChI=1S/C21H18F2N2O4/c1-2-3-10-25-20(27)15-7-5-4-6-14(15)19(24-25)21(28)29-12-18(26)16-11-13(22)8-9-17(16)23/h4-9,11H,2-3,10,12H2,1H3. The number of aromatic nitrogens is 2. The third-order valence-electron chi connectivity index (χ3n) is 4.35. The van der Waals surface area contributed by atoms with Crippen molar-refractivity contribution in [2.45, 2.75) is 26.3 Å². The van der Waals surface area contributed by atoms with E-state index in [0.717, 1.165) is 24.6 Å². The van der Waals surface area contributed by atoms with Gasteiger partial charge >= 0.3 is 5.97 Å². The summed E-state index contributed by atoms with van der Waals surface area (Å²) in [5, 5.41) is 4.69. The number of carbonyl (C=O) groups is 2. The summed E-state index contributed by atoms with van der Waals surface area (Å²) in [6, 6.07) is 8.88. The molecule has 0 aliphatic carbocycles. The van der Waals surface area contributed by atoms with Gasteiger partial charge in [-0.1, -0.05) is 31.5 Å². The van der Waals surface area contributed by atoms with Crippen molar-refractivity contribution < 1.29 is 23.1 Å². The summed E-state index contributed by atoms with van der Waals surface area (Å²) in [5.41, 5.74) is -0.962. The molecule has 6 nitrogen and oxygen atoms in total. The number of Topliss-reactive ketones (excluding diaryl/α,β-unsaturated/α-hetero) is 1. The monoisotopic (exact) mass is 400 g/mol. The van der Waals surface area contributed by atoms with Crippen LogP contribution < -0.4 is 5.56 Å². The number of esters is 1. The molecule has 1 aromatic heterocycles. The molecule has 0 aliphatic rings. The number of carbonyl (C=O) groups excluding carboxylic acids is 2. The van der Waals surface area contributed by atoms with Crippen LogP contribution in [0, 0.1) is 11.6 Å². The first-order valence-electron chi connectivity index (χ1n) is 9.07. The second-order valence-corrected chi connectivity index (χ2v) is 6.40. The molecule has 0 saturated heterocycles. The van der Waals surface area contributed by atoms with Gasteiger partial charge in [-0.15, -0.1) is 0 Å². The zero-order valence-electron chi connectivity index (χ0n) is 15.7. The molecule has 0 atom stereocenters. The third-order valence-corrected chi connectivity index (χ3v) is 4.35. The van der Waals surface area contributed by atoms with Crippen molar-refractivity contribution in [1.29, 1.82) is 0 Å². The lowest BCUT2D eigenvalue weighted by Crippen LogP contribution is -2.27. The molecule has 0 fully saturated rings. The van der Waals surface area contributed by atoms with Crippen LogP contribution in [0.1, 0.15) is 40.6 Å². The maximum atomic E-state index is 13.7. The van der Waals surface area contributed by atoms with E-state index in [1.165, 1.54) is 4.68 Å². The molecule has 0 saturated carbocycles. The van der Waals surface area contributed by atoms with Crippen molar-refractivity contribution in [2.24, 2.45) is 0 Å². The Hall–Kier alpha value is -3.42. The molecule has 3 rings (SSSR count). The van der Waals surface area contributed by atoms with Crippen LogP contribution in [0.3, 0.4) is 0 Å². The lowest BCUT2D eigenvalue weighted by molar-refractivity contribution is 0.0467. The van der Waals surface area contributed by atoms with E-state index in [1.54, 1.807) is 24.3 Å². The molecule has 0 aliphatic heterocycles. The van der Waals surface area contributed by atoms with Crippen LogP contribution in [-0.2, 0) is 11.3 Å². The summed E-state index contributed by atoms with van der Waals surface area (Å²) in [5.74, 6) is -3.52. The van der Waals surface area contributed by atoms with Crippen molar-refractivity contribution in [3.05, 3.63) is 75.7 Å². The molecule has 3 aromatic rings. The third kappa shape index (κ3) is 4.37. The van der Waals surface area contributed by atoms with Crippen LogP contribution in [0.25, 0.3) is 10.8 Å². The van der Waals surface area contributed by atoms with E-state index in [-0.39, 0.29) is 11.3 Å². The number of ketones is 1. The van der Waals surface area contributed by atoms with Gasteiger partial charge in [0.15, 0.2) is 12.3 Å². The number of rotatable bonds is 7. The van der Waals surface area contributed by atoms with Gasteiger partial charge in [0, 0.05) is 11.9 Å². The Balaban J connectivity index is 1.88. The van der Waals surface area contributed by atoms with Gasteiger partial charge in [0.1, 0.15) is 11.6 Å². The molecule has 0 spiro atoms. The van der Waals surface area contributed by atoms with E-state index in [1.807, 2.05) is 6.92 Å². The largest absolute Gasteiger partial charge is 0.452 e. The Morgan fingerprint density at radius 1 is 1.10 bits per heavy atom. The van der Waals surface area contributed by atoms with Crippen molar-refractivity contribution in [1.82, 2.24) is 9.78 Å². The molecular formula is C21H18F2N2O4. The molecule has 150 valence electrons. The number of fused-ring (bicyclic) bond motifs is 1. The highest BCUT2D eigenvalue weighted by molar-refractivity contribution is 6.04. The summed E-state index contributed by atoms with van der Waals surface area (Å²) in [7, 11) is 0. The highest BCUT2D eigenvalue weighted by Crippen LogP contribution is 2.15. The highest BCUT2D eigenvalue weighted by atomic mass is 19.1. The molecule has 0 unspecified atom stereocenters. The zero-order chi connectivity index (χ0) is 21.0. The maximum absolute atomic E-state index is 13.7. The van der Waals surface area contributed by atoms with Gasteiger partial charge in [0.05, 0.1) is 10.9 Å². The summed E-state index contributed by atoms with van der Waals surface area (Å²) < 4.78 is 33.2. The molecular weight excluding hydrogens is 382 g/mol. The molecule has 0 amide bonds. The minimum absolute atomic E-state index is 0.121. The summed E-state index contributed by atoms with van der Waals surface area (Å²) >= 11 is 0. The van der Waals surface area contributed by atoms with E-state index in [0.29, 0.717) is 23.7 Å². The molecule has 0 bridgehead atoms. The van der Waals surface area contributed by atoms with Crippen LogP contribution in [0.2, 0.25) is 0 Å². The summed E-state index contributed by atoms with van der Waals surface area (Å²) in [6.07, 6.45) is 1.52. The summed E-state index contributed by atoms with van der Waals surface area (Å²) in [6.45, 7) is 1.50. The highest BCUT2D eigenvalue weighted by Gasteiger charge is 2.20. The SMILES string of the molecule is CCCCn1nc(C(=O)OCC(=O)c2cc(F)ccc2F)c2ccccc2c1=O. The van der Waals surface area contributed by atoms with Crippen molar-refractivity contribution >= 4 is 22.5 Å². The van der Waals surface area contributed by atoms with Gasteiger partial charge in [0.2, 0.25) is 5.78 Å². The van der Waals surface area contributed by atoms with Gasteiger partial charge in [-0.05, 0) is 30.7 Å². The lowest BCUT2D eigenvalue weighted by Gasteiger charge is -2.10. The molecule has 29 heavy (non-hydrogen) atoms. The Bertz CT molecular complexity index is 1140. The number of ether oxygens (including phenoxy) is 1. The normalized spacial score (nSPS) is 10.9. The van der Waals surface area contributed by atoms with Gasteiger partial charge in [-0.2, -0.15) is 5.10 Å². The van der Waals surface area contributed by atoms with E-state index in [2.05, 4.69) is 5.10 Å². The quantitative estimate of drug-likeness (QED) is 0.448. The lowest BCUT2D eigenvalue weighted by atomic mass is 10.1. The van der Waals surface area contributed by atoms with E-state index in [4.69, 9.17) is 4.74 Å². The van der Waals surface area contributed by atoms with Crippen LogP contribution in [0.4, 0.5) is 8.78 Å². The fourth-order valence-corrected chi connectivity index (χ4v) is 2.83. The number of benzene rings is 2. The Morgan fingerprint density at radius 2 is 1.83 bits per heavy atom. The predicted octanol–water partition coefficient (Wildman–Crippen LogP) is 3.51. The average molecular weight is 400 g/mol. The topological polar surface area (TPSA) is 78.3 Å². The Morgan fingerprint density at radius 3 is 2.55 bits per heavy atom. The molecule has 0 radical (unpaired) electrons. The van der Waals surface area contributed by atoms with E-state index in [9.17, 15) is 23.2 Å². The van der Waals surface area contributed by atoms with Crippen molar-refractivity contribution in [3.63, 3.8) is 0 Å². The number of hydrogen-bond acceptors (Lipinski definition) is 5. The van der Waals surface area contributed by atoms with Crippen LogP contribution in [-0.4, -0.2) is 28.1 Å². The van der Waals surface area contributed by atoms with Crippen molar-refractivity contribution in [2.75, 3.05) is 6.61 Å². The minimum Gasteiger partial charge on any atom is -0.452 e. The zero-order valence-corrected chi connectivity index (χ0v) is 15.7. The van der Waals surface area contributed by atoms with Crippen LogP contribution in [0.15, 0.2) is 47.3 Å². The number of nitrogens with zero attached hydrogens (tertiary/aromatic N) is 2. The Kier molecular flexibility index (Phi) is 6.11. The van der Waals surface area contributed by atoms with Gasteiger partial charge in [0.25, 0.3) is 5.56 Å². The number of halogens is 2. The van der Waals surface area contributed by atoms with Gasteiger partial charge < -0.3 is 4.74 Å². The fraction of sp³-hybridized carbons (Fsp3) is 0.238. The van der Waals surface area contributed by atoms with E-state index >= 15 is 0 Å². The molecule has 0 N–H and O–H groups in total. The fourth-order valence-electron chi connectivity index (χ4n) is 2.83. The first kappa shape index (κ1) is 20.3. The molecule has 8 heteroatoms. The van der Waals surface area contributed by atoms with Crippen LogP contribution >= 0.6 is 0 Å².